The second-order valence-corrected chi connectivity index (χ2v) is 8.70. The van der Waals surface area contributed by atoms with Crippen LogP contribution in [0.4, 0.5) is 10.6 Å². The number of alkyl carbamates (subject to hydrolysis) is 1. The normalized spacial score (nSPS) is 27.1. The van der Waals surface area contributed by atoms with Crippen molar-refractivity contribution in [3.05, 3.63) is 22.8 Å². The van der Waals surface area contributed by atoms with Gasteiger partial charge in [-0.3, -0.25) is 4.79 Å². The van der Waals surface area contributed by atoms with Gasteiger partial charge in [-0.15, -0.1) is 0 Å². The largest absolute Gasteiger partial charge is 0.438 e. The molecule has 27 heavy (non-hydrogen) atoms. The Morgan fingerprint density at radius 2 is 2.15 bits per heavy atom. The Kier molecular flexibility index (Phi) is 4.45. The topological polar surface area (TPSA) is 83.6 Å². The van der Waals surface area contributed by atoms with Crippen LogP contribution >= 0.6 is 11.6 Å². The van der Waals surface area contributed by atoms with E-state index in [2.05, 4.69) is 15.6 Å². The van der Waals surface area contributed by atoms with E-state index >= 15 is 0 Å². The van der Waals surface area contributed by atoms with Crippen LogP contribution in [0.1, 0.15) is 56.3 Å². The quantitative estimate of drug-likeness (QED) is 0.826. The number of halogens is 1. The van der Waals surface area contributed by atoms with Crippen molar-refractivity contribution in [3.63, 3.8) is 0 Å². The molecule has 1 saturated carbocycles. The maximum Gasteiger partial charge on any atom is 0.408 e. The highest BCUT2D eigenvalue weighted by atomic mass is 35.5. The number of hydrogen-bond donors (Lipinski definition) is 2. The van der Waals surface area contributed by atoms with Crippen LogP contribution in [0, 0.1) is 0 Å². The summed E-state index contributed by atoms with van der Waals surface area (Å²) in [6, 6.07) is 1.92. The van der Waals surface area contributed by atoms with E-state index in [-0.39, 0.29) is 18.0 Å². The van der Waals surface area contributed by atoms with E-state index in [4.69, 9.17) is 16.3 Å². The van der Waals surface area contributed by atoms with Gasteiger partial charge in [-0.2, -0.15) is 0 Å². The molecule has 1 aliphatic carbocycles. The fraction of sp³-hybridized carbons (Fsp3) is 0.632. The van der Waals surface area contributed by atoms with E-state index in [9.17, 15) is 9.59 Å². The zero-order valence-electron chi connectivity index (χ0n) is 15.7. The van der Waals surface area contributed by atoms with Crippen molar-refractivity contribution in [2.24, 2.45) is 0 Å². The number of nitrogens with zero attached hydrogens (tertiary/aromatic N) is 2. The van der Waals surface area contributed by atoms with E-state index in [1.807, 2.05) is 18.7 Å². The lowest BCUT2D eigenvalue weighted by Gasteiger charge is -2.34. The lowest BCUT2D eigenvalue weighted by Crippen LogP contribution is -2.54. The Morgan fingerprint density at radius 3 is 2.78 bits per heavy atom. The summed E-state index contributed by atoms with van der Waals surface area (Å²) in [4.78, 5) is 30.6. The van der Waals surface area contributed by atoms with E-state index in [1.54, 1.807) is 12.3 Å². The molecule has 3 fully saturated rings. The zero-order valence-corrected chi connectivity index (χ0v) is 16.4. The van der Waals surface area contributed by atoms with Crippen molar-refractivity contribution in [1.29, 1.82) is 0 Å². The third kappa shape index (κ3) is 3.22. The molecule has 1 atom stereocenters. The zero-order chi connectivity index (χ0) is 19.2. The first kappa shape index (κ1) is 18.3. The number of amides is 2. The Labute approximate surface area is 163 Å². The van der Waals surface area contributed by atoms with Crippen LogP contribution in [0.25, 0.3) is 0 Å². The van der Waals surface area contributed by atoms with Crippen molar-refractivity contribution in [1.82, 2.24) is 15.6 Å². The van der Waals surface area contributed by atoms with Crippen LogP contribution in [0.15, 0.2) is 12.3 Å². The maximum atomic E-state index is 12.4. The number of rotatable bonds is 3. The first-order valence-corrected chi connectivity index (χ1v) is 9.90. The maximum absolute atomic E-state index is 12.4. The molecule has 2 aliphatic heterocycles. The van der Waals surface area contributed by atoms with Crippen LogP contribution in [0.5, 0.6) is 0 Å². The molecule has 0 radical (unpaired) electrons. The molecule has 2 saturated heterocycles. The number of anilines is 1. The number of carbonyl (C=O) groups excluding carboxylic acids is 2. The molecule has 8 heteroatoms. The fourth-order valence-electron chi connectivity index (χ4n) is 4.38. The summed E-state index contributed by atoms with van der Waals surface area (Å²) in [7, 11) is 0. The Hall–Kier alpha value is -2.02. The summed E-state index contributed by atoms with van der Waals surface area (Å²) < 4.78 is 5.63. The molecule has 4 rings (SSSR count). The van der Waals surface area contributed by atoms with E-state index in [0.717, 1.165) is 25.7 Å². The lowest BCUT2D eigenvalue weighted by molar-refractivity contribution is 0.0304. The molecule has 1 aromatic heterocycles. The minimum Gasteiger partial charge on any atom is -0.438 e. The summed E-state index contributed by atoms with van der Waals surface area (Å²) in [5.41, 5.74) is -0.598. The van der Waals surface area contributed by atoms with Gasteiger partial charge in [0.15, 0.2) is 5.60 Å². The molecular formula is C19H25ClN4O3. The smallest absolute Gasteiger partial charge is 0.408 e. The predicted octanol–water partition coefficient (Wildman–Crippen LogP) is 2.87. The van der Waals surface area contributed by atoms with Gasteiger partial charge in [-0.25, -0.2) is 9.78 Å². The van der Waals surface area contributed by atoms with Gasteiger partial charge >= 0.3 is 6.09 Å². The predicted molar refractivity (Wildman–Crippen MR) is 102 cm³/mol. The van der Waals surface area contributed by atoms with Crippen molar-refractivity contribution >= 4 is 29.4 Å². The minimum atomic E-state index is -0.604. The molecule has 3 heterocycles. The molecule has 1 spiro atoms. The highest BCUT2D eigenvalue weighted by molar-refractivity contribution is 6.33. The number of carbonyl (C=O) groups is 2. The van der Waals surface area contributed by atoms with E-state index < -0.39 is 11.1 Å². The molecule has 1 unspecified atom stereocenters. The third-order valence-electron chi connectivity index (χ3n) is 6.15. The van der Waals surface area contributed by atoms with Crippen LogP contribution in [0.3, 0.4) is 0 Å². The first-order valence-electron chi connectivity index (χ1n) is 9.52. The highest BCUT2D eigenvalue weighted by Gasteiger charge is 2.58. The molecule has 0 aromatic carbocycles. The number of nitrogens with one attached hydrogen (secondary N) is 2. The van der Waals surface area contributed by atoms with Gasteiger partial charge in [0.25, 0.3) is 5.91 Å². The Bertz CT molecular complexity index is 778. The lowest BCUT2D eigenvalue weighted by atomic mass is 9.83. The first-order chi connectivity index (χ1) is 12.8. The van der Waals surface area contributed by atoms with E-state index in [1.165, 1.54) is 0 Å². The van der Waals surface area contributed by atoms with Gasteiger partial charge < -0.3 is 20.3 Å². The summed E-state index contributed by atoms with van der Waals surface area (Å²) in [5, 5.41) is 6.36. The molecule has 3 aliphatic rings. The van der Waals surface area contributed by atoms with Crippen molar-refractivity contribution in [3.8, 4) is 0 Å². The number of hydrogen-bond acceptors (Lipinski definition) is 5. The Morgan fingerprint density at radius 1 is 1.41 bits per heavy atom. The van der Waals surface area contributed by atoms with Crippen LogP contribution in [-0.2, 0) is 4.74 Å². The average Bonchev–Trinajstić information content (AvgIpc) is 3.29. The minimum absolute atomic E-state index is 0.129. The molecule has 7 nitrogen and oxygen atoms in total. The number of ether oxygens (including phenoxy) is 1. The summed E-state index contributed by atoms with van der Waals surface area (Å²) in [5.74, 6) is 0.487. The number of aromatic nitrogens is 1. The summed E-state index contributed by atoms with van der Waals surface area (Å²) in [6.45, 7) is 5.12. The van der Waals surface area contributed by atoms with Gasteiger partial charge in [0.1, 0.15) is 5.82 Å². The van der Waals surface area contributed by atoms with E-state index in [0.29, 0.717) is 35.9 Å². The second kappa shape index (κ2) is 6.55. The standard InChI is InChI=1S/C19H25ClN4O3/c1-18(2)19(27-17(26)23-18)7-8-24(11-19)15-14(20)9-12(10-21-15)16(25)22-13-5-3-4-6-13/h9-10,13H,3-8,11H2,1-2H3,(H,22,25)(H,23,26). The summed E-state index contributed by atoms with van der Waals surface area (Å²) >= 11 is 6.46. The van der Waals surface area contributed by atoms with Crippen LogP contribution < -0.4 is 15.5 Å². The molecular weight excluding hydrogens is 368 g/mol. The second-order valence-electron chi connectivity index (χ2n) is 8.29. The monoisotopic (exact) mass is 392 g/mol. The fourth-order valence-corrected chi connectivity index (χ4v) is 4.67. The molecule has 146 valence electrons. The number of pyridine rings is 1. The Balaban J connectivity index is 1.49. The molecule has 0 bridgehead atoms. The van der Waals surface area contributed by atoms with Crippen molar-refractivity contribution in [2.45, 2.75) is 63.1 Å². The van der Waals surface area contributed by atoms with Crippen LogP contribution in [0.2, 0.25) is 5.02 Å². The van der Waals surface area contributed by atoms with Crippen LogP contribution in [-0.4, -0.2) is 47.3 Å². The van der Waals surface area contributed by atoms with Gasteiger partial charge in [-0.05, 0) is 32.8 Å². The van der Waals surface area contributed by atoms with Crippen molar-refractivity contribution in [2.75, 3.05) is 18.0 Å². The third-order valence-corrected chi connectivity index (χ3v) is 6.43. The summed E-state index contributed by atoms with van der Waals surface area (Å²) in [6.07, 6.45) is 6.26. The van der Waals surface area contributed by atoms with Crippen molar-refractivity contribution < 1.29 is 14.3 Å². The van der Waals surface area contributed by atoms with Gasteiger partial charge in [0, 0.05) is 25.2 Å². The van der Waals surface area contributed by atoms with Gasteiger partial charge in [0.05, 0.1) is 22.7 Å². The SMILES string of the molecule is CC1(C)NC(=O)OC12CCN(c1ncc(C(=O)NC3CCCC3)cc1Cl)C2. The van der Waals surface area contributed by atoms with Gasteiger partial charge in [0.2, 0.25) is 0 Å². The molecule has 1 aromatic rings. The average molecular weight is 393 g/mol. The molecule has 2 amide bonds. The van der Waals surface area contributed by atoms with Gasteiger partial charge in [-0.1, -0.05) is 24.4 Å². The molecule has 2 N–H and O–H groups in total. The highest BCUT2D eigenvalue weighted by Crippen LogP contribution is 2.42.